The van der Waals surface area contributed by atoms with Gasteiger partial charge in [-0.1, -0.05) is 6.07 Å². The molecule has 5 rings (SSSR count). The van der Waals surface area contributed by atoms with E-state index in [9.17, 15) is 13.2 Å². The number of fused-ring (bicyclic) bond motifs is 1. The predicted octanol–water partition coefficient (Wildman–Crippen LogP) is 2.63. The summed E-state index contributed by atoms with van der Waals surface area (Å²) < 4.78 is 33.0. The van der Waals surface area contributed by atoms with Gasteiger partial charge in [-0.25, -0.2) is 18.4 Å². The molecule has 176 valence electrons. The molecule has 34 heavy (non-hydrogen) atoms. The monoisotopic (exact) mass is 480 g/mol. The quantitative estimate of drug-likeness (QED) is 0.544. The molecule has 2 aromatic heterocycles. The SMILES string of the molecule is N#Cc1cnc(NC(=O)C(CC2CCOCC2)n2ncc3c(S(=O)(=O)C4CC4)cccc32)nc1. The number of carbonyl (C=O) groups excluding carboxylic acids is 1. The van der Waals surface area contributed by atoms with Gasteiger partial charge in [0.2, 0.25) is 5.95 Å². The van der Waals surface area contributed by atoms with Crippen molar-refractivity contribution in [1.82, 2.24) is 19.7 Å². The molecule has 1 aliphatic heterocycles. The molecular weight excluding hydrogens is 456 g/mol. The second-order valence-electron chi connectivity index (χ2n) is 8.73. The van der Waals surface area contributed by atoms with Gasteiger partial charge in [0.05, 0.1) is 39.8 Å². The maximum atomic E-state index is 13.4. The maximum absolute atomic E-state index is 13.4. The standard InChI is InChI=1S/C23H24N6O4S/c24-11-16-12-25-23(26-13-16)28-22(30)20(10-15-6-8-33-9-7-15)29-19-2-1-3-21(18(19)14-27-29)34(31,32)17-4-5-17/h1-3,12-15,17,20H,4-10H2,(H,25,26,28,30). The minimum absolute atomic E-state index is 0.0921. The van der Waals surface area contributed by atoms with E-state index in [1.807, 2.05) is 6.07 Å². The van der Waals surface area contributed by atoms with Gasteiger partial charge in [0, 0.05) is 18.6 Å². The summed E-state index contributed by atoms with van der Waals surface area (Å²) in [6.45, 7) is 1.28. The molecule has 1 saturated heterocycles. The molecule has 3 aromatic rings. The molecule has 1 atom stereocenters. The smallest absolute Gasteiger partial charge is 0.251 e. The van der Waals surface area contributed by atoms with Crippen molar-refractivity contribution in [2.45, 2.75) is 48.3 Å². The van der Waals surface area contributed by atoms with Crippen LogP contribution in [0.4, 0.5) is 5.95 Å². The Kier molecular flexibility index (Phi) is 6.02. The minimum atomic E-state index is -3.42. The lowest BCUT2D eigenvalue weighted by Crippen LogP contribution is -2.31. The summed E-state index contributed by atoms with van der Waals surface area (Å²) in [7, 11) is -3.42. The molecule has 0 radical (unpaired) electrons. The number of benzene rings is 1. The highest BCUT2D eigenvalue weighted by Crippen LogP contribution is 2.37. The summed E-state index contributed by atoms with van der Waals surface area (Å²) >= 11 is 0. The van der Waals surface area contributed by atoms with Crippen LogP contribution < -0.4 is 5.32 Å². The Morgan fingerprint density at radius 3 is 2.59 bits per heavy atom. The fourth-order valence-electron chi connectivity index (χ4n) is 4.36. The van der Waals surface area contributed by atoms with Crippen molar-refractivity contribution in [2.75, 3.05) is 18.5 Å². The first-order valence-electron chi connectivity index (χ1n) is 11.3. The van der Waals surface area contributed by atoms with Gasteiger partial charge in [-0.05, 0) is 50.2 Å². The first kappa shape index (κ1) is 22.4. The highest BCUT2D eigenvalue weighted by molar-refractivity contribution is 7.92. The highest BCUT2D eigenvalue weighted by atomic mass is 32.2. The normalized spacial score (nSPS) is 17.9. The fraction of sp³-hybridized carbons (Fsp3) is 0.435. The average molecular weight is 481 g/mol. The van der Waals surface area contributed by atoms with Crippen molar-refractivity contribution in [2.24, 2.45) is 5.92 Å². The van der Waals surface area contributed by atoms with Crippen LogP contribution in [-0.2, 0) is 19.4 Å². The summed E-state index contributed by atoms with van der Waals surface area (Å²) in [5.74, 6) is -0.00453. The molecule has 1 aliphatic carbocycles. The van der Waals surface area contributed by atoms with E-state index in [1.54, 1.807) is 22.9 Å². The van der Waals surface area contributed by atoms with Gasteiger partial charge in [-0.15, -0.1) is 0 Å². The molecule has 1 unspecified atom stereocenters. The zero-order chi connectivity index (χ0) is 23.7. The Labute approximate surface area is 196 Å². The zero-order valence-electron chi connectivity index (χ0n) is 18.4. The maximum Gasteiger partial charge on any atom is 0.251 e. The number of nitriles is 1. The molecule has 1 N–H and O–H groups in total. The predicted molar refractivity (Wildman–Crippen MR) is 123 cm³/mol. The molecule has 3 heterocycles. The Hall–Kier alpha value is -3.36. The van der Waals surface area contributed by atoms with Crippen LogP contribution in [0.2, 0.25) is 0 Å². The van der Waals surface area contributed by atoms with Crippen molar-refractivity contribution in [1.29, 1.82) is 5.26 Å². The average Bonchev–Trinajstić information content (AvgIpc) is 3.64. The number of carbonyl (C=O) groups is 1. The van der Waals surface area contributed by atoms with Crippen LogP contribution in [0, 0.1) is 17.2 Å². The second kappa shape index (κ2) is 9.12. The molecule has 11 heteroatoms. The van der Waals surface area contributed by atoms with E-state index in [0.717, 1.165) is 12.8 Å². The van der Waals surface area contributed by atoms with Crippen LogP contribution in [0.15, 0.2) is 41.7 Å². The third-order valence-electron chi connectivity index (χ3n) is 6.38. The lowest BCUT2D eigenvalue weighted by Gasteiger charge is -2.26. The van der Waals surface area contributed by atoms with E-state index in [4.69, 9.17) is 10.00 Å². The molecule has 10 nitrogen and oxygen atoms in total. The van der Waals surface area contributed by atoms with Crippen LogP contribution in [-0.4, -0.2) is 52.5 Å². The lowest BCUT2D eigenvalue weighted by molar-refractivity contribution is -0.120. The van der Waals surface area contributed by atoms with E-state index in [1.165, 1.54) is 18.6 Å². The third-order valence-corrected chi connectivity index (χ3v) is 8.70. The largest absolute Gasteiger partial charge is 0.381 e. The van der Waals surface area contributed by atoms with Crippen LogP contribution in [0.5, 0.6) is 0 Å². The zero-order valence-corrected chi connectivity index (χ0v) is 19.2. The van der Waals surface area contributed by atoms with E-state index in [0.29, 0.717) is 48.9 Å². The van der Waals surface area contributed by atoms with Crippen LogP contribution in [0.1, 0.15) is 43.7 Å². The van der Waals surface area contributed by atoms with Crippen molar-refractivity contribution >= 4 is 32.6 Å². The Balaban J connectivity index is 1.50. The molecule has 2 aliphatic rings. The van der Waals surface area contributed by atoms with Crippen LogP contribution in [0.25, 0.3) is 10.9 Å². The van der Waals surface area contributed by atoms with Crippen molar-refractivity contribution in [3.05, 3.63) is 42.4 Å². The number of rotatable bonds is 7. The molecule has 1 saturated carbocycles. The highest BCUT2D eigenvalue weighted by Gasteiger charge is 2.38. The number of hydrogen-bond acceptors (Lipinski definition) is 8. The van der Waals surface area contributed by atoms with Gasteiger partial charge in [0.1, 0.15) is 12.1 Å². The summed E-state index contributed by atoms with van der Waals surface area (Å²) in [4.78, 5) is 21.8. The third kappa shape index (κ3) is 4.38. The summed E-state index contributed by atoms with van der Waals surface area (Å²) in [5.41, 5.74) is 0.883. The fourth-order valence-corrected chi connectivity index (χ4v) is 6.21. The number of sulfone groups is 1. The minimum Gasteiger partial charge on any atom is -0.381 e. The Morgan fingerprint density at radius 2 is 1.91 bits per heavy atom. The van der Waals surface area contributed by atoms with Gasteiger partial charge in [-0.3, -0.25) is 14.8 Å². The molecule has 1 aromatic carbocycles. The first-order valence-corrected chi connectivity index (χ1v) is 12.8. The second-order valence-corrected chi connectivity index (χ2v) is 10.9. The van der Waals surface area contributed by atoms with Crippen LogP contribution >= 0.6 is 0 Å². The number of hydrogen-bond donors (Lipinski definition) is 1. The summed E-state index contributed by atoms with van der Waals surface area (Å²) in [5, 5.41) is 16.3. The van der Waals surface area contributed by atoms with E-state index < -0.39 is 15.9 Å². The Bertz CT molecular complexity index is 1350. The Morgan fingerprint density at radius 1 is 1.18 bits per heavy atom. The van der Waals surface area contributed by atoms with E-state index in [2.05, 4.69) is 20.4 Å². The molecule has 0 spiro atoms. The van der Waals surface area contributed by atoms with Crippen molar-refractivity contribution < 1.29 is 17.9 Å². The van der Waals surface area contributed by atoms with Crippen LogP contribution in [0.3, 0.4) is 0 Å². The molecule has 1 amide bonds. The summed E-state index contributed by atoms with van der Waals surface area (Å²) in [6, 6.07) is 6.35. The van der Waals surface area contributed by atoms with E-state index >= 15 is 0 Å². The van der Waals surface area contributed by atoms with Gasteiger partial charge in [0.25, 0.3) is 5.91 Å². The van der Waals surface area contributed by atoms with Gasteiger partial charge in [-0.2, -0.15) is 10.4 Å². The number of anilines is 1. The number of nitrogens with one attached hydrogen (secondary N) is 1. The summed E-state index contributed by atoms with van der Waals surface area (Å²) in [6.07, 6.45) is 7.74. The van der Waals surface area contributed by atoms with Crippen molar-refractivity contribution in [3.63, 3.8) is 0 Å². The molecule has 2 fully saturated rings. The molecule has 0 bridgehead atoms. The van der Waals surface area contributed by atoms with E-state index in [-0.39, 0.29) is 27.9 Å². The number of amides is 1. The number of nitrogens with zero attached hydrogens (tertiary/aromatic N) is 5. The van der Waals surface area contributed by atoms with Gasteiger partial charge < -0.3 is 4.74 Å². The first-order chi connectivity index (χ1) is 16.5. The number of aromatic nitrogens is 4. The molecular formula is C23H24N6O4S. The lowest BCUT2D eigenvalue weighted by atomic mass is 9.92. The number of ether oxygens (including phenoxy) is 1. The van der Waals surface area contributed by atoms with Gasteiger partial charge >= 0.3 is 0 Å². The topological polar surface area (TPSA) is 140 Å². The van der Waals surface area contributed by atoms with Crippen molar-refractivity contribution in [3.8, 4) is 6.07 Å². The van der Waals surface area contributed by atoms with Gasteiger partial charge in [0.15, 0.2) is 9.84 Å².